The van der Waals surface area contributed by atoms with Crippen molar-refractivity contribution in [3.63, 3.8) is 0 Å². The first kappa shape index (κ1) is 12.4. The number of imidazole rings is 1. The molecule has 0 unspecified atom stereocenters. The Hall–Kier alpha value is -1.59. The molecule has 98 valence electrons. The predicted octanol–water partition coefficient (Wildman–Crippen LogP) is 2.90. The summed E-state index contributed by atoms with van der Waals surface area (Å²) in [5, 5.41) is 4.48. The Morgan fingerprint density at radius 3 is 2.95 bits per heavy atom. The minimum atomic E-state index is 0.501. The molecule has 0 N–H and O–H groups in total. The zero-order valence-electron chi connectivity index (χ0n) is 9.88. The quantitative estimate of drug-likeness (QED) is 0.695. The van der Waals surface area contributed by atoms with Gasteiger partial charge in [-0.25, -0.2) is 4.98 Å². The van der Waals surface area contributed by atoms with Crippen LogP contribution in [0.4, 0.5) is 0 Å². The van der Waals surface area contributed by atoms with Crippen LogP contribution in [0.25, 0.3) is 11.0 Å². The van der Waals surface area contributed by atoms with Crippen LogP contribution in [0.2, 0.25) is 5.02 Å². The van der Waals surface area contributed by atoms with Crippen molar-refractivity contribution < 1.29 is 4.52 Å². The number of fused-ring (bicyclic) bond motifs is 1. The van der Waals surface area contributed by atoms with Gasteiger partial charge in [0.1, 0.15) is 5.82 Å². The Kier molecular flexibility index (Phi) is 3.40. The zero-order chi connectivity index (χ0) is 13.2. The van der Waals surface area contributed by atoms with Gasteiger partial charge in [0.25, 0.3) is 0 Å². The van der Waals surface area contributed by atoms with Crippen molar-refractivity contribution in [2.24, 2.45) is 0 Å². The molecule has 2 heterocycles. The Balaban J connectivity index is 2.10. The first-order chi connectivity index (χ1) is 9.28. The number of rotatable bonds is 4. The van der Waals surface area contributed by atoms with Gasteiger partial charge in [0.15, 0.2) is 5.82 Å². The number of halogens is 2. The highest BCUT2D eigenvalue weighted by Gasteiger charge is 2.12. The van der Waals surface area contributed by atoms with Gasteiger partial charge in [0.2, 0.25) is 6.39 Å². The van der Waals surface area contributed by atoms with Crippen LogP contribution in [-0.2, 0) is 13.0 Å². The molecule has 5 nitrogen and oxygen atoms in total. The molecule has 3 rings (SSSR count). The van der Waals surface area contributed by atoms with Gasteiger partial charge in [0.05, 0.1) is 17.6 Å². The van der Waals surface area contributed by atoms with Crippen molar-refractivity contribution in [2.45, 2.75) is 13.0 Å². The molecule has 0 aliphatic carbocycles. The normalized spacial score (nSPS) is 11.3. The van der Waals surface area contributed by atoms with Gasteiger partial charge in [-0.2, -0.15) is 4.98 Å². The molecule has 0 radical (unpaired) electrons. The summed E-state index contributed by atoms with van der Waals surface area (Å²) in [7, 11) is 0. The first-order valence-corrected chi connectivity index (χ1v) is 6.65. The third kappa shape index (κ3) is 2.43. The molecular formula is C12H10Cl2N4O. The van der Waals surface area contributed by atoms with E-state index in [0.29, 0.717) is 29.7 Å². The molecule has 19 heavy (non-hydrogen) atoms. The molecule has 0 fully saturated rings. The van der Waals surface area contributed by atoms with E-state index >= 15 is 0 Å². The average Bonchev–Trinajstić information content (AvgIpc) is 2.99. The fourth-order valence-electron chi connectivity index (χ4n) is 2.01. The lowest BCUT2D eigenvalue weighted by Gasteiger charge is -2.05. The Labute approximate surface area is 119 Å². The fraction of sp³-hybridized carbons (Fsp3) is 0.250. The largest absolute Gasteiger partial charge is 0.343 e. The zero-order valence-corrected chi connectivity index (χ0v) is 11.4. The Morgan fingerprint density at radius 1 is 1.32 bits per heavy atom. The van der Waals surface area contributed by atoms with Crippen LogP contribution < -0.4 is 0 Å². The van der Waals surface area contributed by atoms with Crippen LogP contribution in [0.3, 0.4) is 0 Å². The Morgan fingerprint density at radius 2 is 2.21 bits per heavy atom. The molecule has 7 heteroatoms. The molecule has 2 aromatic heterocycles. The molecule has 0 spiro atoms. The van der Waals surface area contributed by atoms with Gasteiger partial charge in [-0.05, 0) is 18.2 Å². The van der Waals surface area contributed by atoms with Crippen LogP contribution >= 0.6 is 23.2 Å². The molecule has 1 aromatic carbocycles. The SMILES string of the molecule is ClCCc1nc2cc(Cl)ccc2n1Cc1ncon1. The van der Waals surface area contributed by atoms with Gasteiger partial charge in [0, 0.05) is 17.3 Å². The topological polar surface area (TPSA) is 56.7 Å². The van der Waals surface area contributed by atoms with Gasteiger partial charge in [-0.3, -0.25) is 0 Å². The van der Waals surface area contributed by atoms with E-state index in [2.05, 4.69) is 15.1 Å². The van der Waals surface area contributed by atoms with Gasteiger partial charge < -0.3 is 9.09 Å². The molecule has 0 saturated carbocycles. The van der Waals surface area contributed by atoms with E-state index in [1.165, 1.54) is 6.39 Å². The monoisotopic (exact) mass is 296 g/mol. The highest BCUT2D eigenvalue weighted by Crippen LogP contribution is 2.21. The predicted molar refractivity (Wildman–Crippen MR) is 72.6 cm³/mol. The smallest absolute Gasteiger partial charge is 0.213 e. The lowest BCUT2D eigenvalue weighted by Crippen LogP contribution is -2.07. The third-order valence-corrected chi connectivity index (χ3v) is 3.24. The van der Waals surface area contributed by atoms with Gasteiger partial charge in [-0.15, -0.1) is 11.6 Å². The summed E-state index contributed by atoms with van der Waals surface area (Å²) < 4.78 is 6.78. The summed E-state index contributed by atoms with van der Waals surface area (Å²) >= 11 is 11.8. The highest BCUT2D eigenvalue weighted by molar-refractivity contribution is 6.31. The van der Waals surface area contributed by atoms with E-state index in [-0.39, 0.29) is 0 Å². The van der Waals surface area contributed by atoms with Crippen LogP contribution in [0.15, 0.2) is 29.1 Å². The molecule has 0 atom stereocenters. The standard InChI is InChI=1S/C12H10Cl2N4O/c13-4-3-12-16-9-5-8(14)1-2-10(9)18(12)6-11-15-7-19-17-11/h1-2,5,7H,3-4,6H2. The molecule has 0 amide bonds. The molecule has 3 aromatic rings. The second-order valence-corrected chi connectivity index (χ2v) is 4.85. The summed E-state index contributed by atoms with van der Waals surface area (Å²) in [6, 6.07) is 5.60. The maximum atomic E-state index is 5.99. The van der Waals surface area contributed by atoms with E-state index in [9.17, 15) is 0 Å². The Bertz CT molecular complexity index is 693. The summed E-state index contributed by atoms with van der Waals surface area (Å²) in [6.45, 7) is 0.501. The van der Waals surface area contributed by atoms with Crippen molar-refractivity contribution in [3.8, 4) is 0 Å². The van der Waals surface area contributed by atoms with Crippen LogP contribution in [-0.4, -0.2) is 25.6 Å². The second kappa shape index (κ2) is 5.19. The first-order valence-electron chi connectivity index (χ1n) is 5.74. The van der Waals surface area contributed by atoms with Crippen molar-refractivity contribution in [2.75, 3.05) is 5.88 Å². The highest BCUT2D eigenvalue weighted by atomic mass is 35.5. The van der Waals surface area contributed by atoms with E-state index in [4.69, 9.17) is 27.7 Å². The lowest BCUT2D eigenvalue weighted by atomic mass is 10.3. The van der Waals surface area contributed by atoms with Crippen molar-refractivity contribution in [1.82, 2.24) is 19.7 Å². The average molecular weight is 297 g/mol. The van der Waals surface area contributed by atoms with Gasteiger partial charge in [-0.1, -0.05) is 16.8 Å². The minimum absolute atomic E-state index is 0.501. The van der Waals surface area contributed by atoms with E-state index < -0.39 is 0 Å². The van der Waals surface area contributed by atoms with Crippen molar-refractivity contribution >= 4 is 34.2 Å². The third-order valence-electron chi connectivity index (χ3n) is 2.81. The minimum Gasteiger partial charge on any atom is -0.343 e. The van der Waals surface area contributed by atoms with E-state index in [0.717, 1.165) is 16.9 Å². The number of hydrogen-bond acceptors (Lipinski definition) is 4. The number of alkyl halides is 1. The summed E-state index contributed by atoms with van der Waals surface area (Å²) in [5.74, 6) is 1.99. The number of aromatic nitrogens is 4. The second-order valence-electron chi connectivity index (χ2n) is 4.03. The summed E-state index contributed by atoms with van der Waals surface area (Å²) in [6.07, 6.45) is 1.98. The van der Waals surface area contributed by atoms with Crippen LogP contribution in [0.5, 0.6) is 0 Å². The summed E-state index contributed by atoms with van der Waals surface area (Å²) in [5.41, 5.74) is 1.82. The summed E-state index contributed by atoms with van der Waals surface area (Å²) in [4.78, 5) is 8.58. The number of hydrogen-bond donors (Lipinski definition) is 0. The number of benzene rings is 1. The maximum Gasteiger partial charge on any atom is 0.213 e. The molecule has 0 aliphatic heterocycles. The molecule has 0 aliphatic rings. The maximum absolute atomic E-state index is 5.99. The molecular weight excluding hydrogens is 287 g/mol. The fourth-order valence-corrected chi connectivity index (χ4v) is 2.34. The molecule has 0 bridgehead atoms. The number of aryl methyl sites for hydroxylation is 1. The van der Waals surface area contributed by atoms with Crippen LogP contribution in [0, 0.1) is 0 Å². The van der Waals surface area contributed by atoms with Crippen LogP contribution in [0.1, 0.15) is 11.6 Å². The van der Waals surface area contributed by atoms with E-state index in [1.54, 1.807) is 0 Å². The van der Waals surface area contributed by atoms with Gasteiger partial charge >= 0.3 is 0 Å². The van der Waals surface area contributed by atoms with Crippen molar-refractivity contribution in [1.29, 1.82) is 0 Å². The molecule has 0 saturated heterocycles. The lowest BCUT2D eigenvalue weighted by molar-refractivity contribution is 0.408. The van der Waals surface area contributed by atoms with Crippen molar-refractivity contribution in [3.05, 3.63) is 41.3 Å². The van der Waals surface area contributed by atoms with E-state index in [1.807, 2.05) is 22.8 Å². The number of nitrogens with zero attached hydrogens (tertiary/aromatic N) is 4.